The molecule has 1 N–H and O–H groups in total. The Hall–Kier alpha value is -0.420. The lowest BCUT2D eigenvalue weighted by Gasteiger charge is -1.97. The van der Waals surface area contributed by atoms with Gasteiger partial charge in [-0.25, -0.2) is 4.79 Å². The van der Waals surface area contributed by atoms with Crippen LogP contribution in [0.2, 0.25) is 0 Å². The van der Waals surface area contributed by atoms with Gasteiger partial charge in [0.2, 0.25) is 0 Å². The second-order valence-corrected chi connectivity index (χ2v) is 3.93. The SMILES string of the molecule is CCOC(=O)c1cc(SC)[nH]c1Br. The molecule has 0 fully saturated rings. The molecule has 1 rings (SSSR count). The number of esters is 1. The van der Waals surface area contributed by atoms with E-state index in [4.69, 9.17) is 4.74 Å². The molecule has 72 valence electrons. The van der Waals surface area contributed by atoms with E-state index in [1.54, 1.807) is 24.8 Å². The monoisotopic (exact) mass is 263 g/mol. The van der Waals surface area contributed by atoms with E-state index in [9.17, 15) is 4.79 Å². The molecule has 0 spiro atoms. The van der Waals surface area contributed by atoms with E-state index in [0.29, 0.717) is 16.8 Å². The van der Waals surface area contributed by atoms with Gasteiger partial charge in [0.05, 0.1) is 21.8 Å². The number of hydrogen-bond donors (Lipinski definition) is 1. The molecule has 0 saturated heterocycles. The van der Waals surface area contributed by atoms with Gasteiger partial charge in [0.25, 0.3) is 0 Å². The van der Waals surface area contributed by atoms with Crippen molar-refractivity contribution in [3.05, 3.63) is 16.2 Å². The molecule has 0 aliphatic carbocycles. The number of hydrogen-bond acceptors (Lipinski definition) is 3. The van der Waals surface area contributed by atoms with Crippen LogP contribution in [0, 0.1) is 0 Å². The summed E-state index contributed by atoms with van der Waals surface area (Å²) in [7, 11) is 0. The molecule has 0 bridgehead atoms. The molecule has 1 aromatic heterocycles. The number of thioether (sulfide) groups is 1. The van der Waals surface area contributed by atoms with E-state index in [2.05, 4.69) is 20.9 Å². The third-order valence-electron chi connectivity index (χ3n) is 1.46. The number of nitrogens with one attached hydrogen (secondary N) is 1. The first kappa shape index (κ1) is 10.7. The van der Waals surface area contributed by atoms with Gasteiger partial charge in [0, 0.05) is 0 Å². The predicted molar refractivity (Wildman–Crippen MR) is 56.2 cm³/mol. The smallest absolute Gasteiger partial charge is 0.340 e. The van der Waals surface area contributed by atoms with E-state index in [1.807, 2.05) is 6.26 Å². The number of carbonyl (C=O) groups is 1. The minimum Gasteiger partial charge on any atom is -0.462 e. The average Bonchev–Trinajstić information content (AvgIpc) is 2.47. The minimum atomic E-state index is -0.300. The normalized spacial score (nSPS) is 10.1. The van der Waals surface area contributed by atoms with Crippen LogP contribution in [0.15, 0.2) is 15.7 Å². The maximum atomic E-state index is 11.3. The van der Waals surface area contributed by atoms with Crippen molar-refractivity contribution in [1.82, 2.24) is 4.98 Å². The molecule has 0 atom stereocenters. The summed E-state index contributed by atoms with van der Waals surface area (Å²) >= 11 is 4.80. The van der Waals surface area contributed by atoms with Crippen LogP contribution in [-0.2, 0) is 4.74 Å². The summed E-state index contributed by atoms with van der Waals surface area (Å²) in [4.78, 5) is 14.3. The summed E-state index contributed by atoms with van der Waals surface area (Å²) < 4.78 is 5.54. The van der Waals surface area contributed by atoms with Crippen molar-refractivity contribution in [2.45, 2.75) is 11.9 Å². The third-order valence-corrected chi connectivity index (χ3v) is 2.75. The van der Waals surface area contributed by atoms with Gasteiger partial charge in [0.1, 0.15) is 0 Å². The summed E-state index contributed by atoms with van der Waals surface area (Å²) in [5.74, 6) is -0.300. The number of aromatic amines is 1. The highest BCUT2D eigenvalue weighted by Crippen LogP contribution is 2.23. The lowest BCUT2D eigenvalue weighted by molar-refractivity contribution is 0.0525. The quantitative estimate of drug-likeness (QED) is 0.674. The second-order valence-electron chi connectivity index (χ2n) is 2.29. The van der Waals surface area contributed by atoms with Crippen LogP contribution in [0.25, 0.3) is 0 Å². The highest BCUT2D eigenvalue weighted by Gasteiger charge is 2.13. The average molecular weight is 264 g/mol. The fourth-order valence-electron chi connectivity index (χ4n) is 0.873. The Morgan fingerprint density at radius 2 is 2.46 bits per heavy atom. The van der Waals surface area contributed by atoms with Gasteiger partial charge in [-0.15, -0.1) is 11.8 Å². The van der Waals surface area contributed by atoms with Crippen LogP contribution >= 0.6 is 27.7 Å². The van der Waals surface area contributed by atoms with Gasteiger partial charge in [-0.3, -0.25) is 0 Å². The van der Waals surface area contributed by atoms with E-state index in [1.165, 1.54) is 0 Å². The number of rotatable bonds is 3. The molecule has 0 aliphatic rings. The number of H-pyrrole nitrogens is 1. The Labute approximate surface area is 89.4 Å². The molecule has 0 aromatic carbocycles. The fourth-order valence-corrected chi connectivity index (χ4v) is 1.93. The van der Waals surface area contributed by atoms with Crippen LogP contribution in [0.5, 0.6) is 0 Å². The van der Waals surface area contributed by atoms with E-state index in [-0.39, 0.29) is 5.97 Å². The largest absolute Gasteiger partial charge is 0.462 e. The van der Waals surface area contributed by atoms with Gasteiger partial charge >= 0.3 is 5.97 Å². The van der Waals surface area contributed by atoms with Crippen molar-refractivity contribution in [2.24, 2.45) is 0 Å². The van der Waals surface area contributed by atoms with E-state index in [0.717, 1.165) is 5.03 Å². The zero-order valence-electron chi connectivity index (χ0n) is 7.39. The molecule has 0 aliphatic heterocycles. The van der Waals surface area contributed by atoms with Crippen LogP contribution in [0.1, 0.15) is 17.3 Å². The fraction of sp³-hybridized carbons (Fsp3) is 0.375. The highest BCUT2D eigenvalue weighted by atomic mass is 79.9. The topological polar surface area (TPSA) is 42.1 Å². The molecule has 1 aromatic rings. The Morgan fingerprint density at radius 3 is 2.92 bits per heavy atom. The number of halogens is 1. The zero-order valence-corrected chi connectivity index (χ0v) is 9.79. The van der Waals surface area contributed by atoms with Crippen molar-refractivity contribution in [3.8, 4) is 0 Å². The number of aromatic nitrogens is 1. The second kappa shape index (κ2) is 4.72. The molecule has 0 radical (unpaired) electrons. The molecule has 0 amide bonds. The van der Waals surface area contributed by atoms with Crippen LogP contribution < -0.4 is 0 Å². The molecule has 5 heteroatoms. The summed E-state index contributed by atoms with van der Waals surface area (Å²) in [6, 6.07) is 1.77. The van der Waals surface area contributed by atoms with E-state index >= 15 is 0 Å². The molecule has 0 unspecified atom stereocenters. The predicted octanol–water partition coefficient (Wildman–Crippen LogP) is 2.68. The lowest BCUT2D eigenvalue weighted by atomic mass is 10.3. The molecule has 13 heavy (non-hydrogen) atoms. The first-order chi connectivity index (χ1) is 6.19. The Morgan fingerprint density at radius 1 is 1.77 bits per heavy atom. The maximum Gasteiger partial charge on any atom is 0.340 e. The van der Waals surface area contributed by atoms with Crippen LogP contribution in [-0.4, -0.2) is 23.8 Å². The van der Waals surface area contributed by atoms with Crippen molar-refractivity contribution < 1.29 is 9.53 Å². The number of ether oxygens (including phenoxy) is 1. The lowest BCUT2D eigenvalue weighted by Crippen LogP contribution is -2.03. The summed E-state index contributed by atoms with van der Waals surface area (Å²) in [5.41, 5.74) is 0.547. The van der Waals surface area contributed by atoms with Crippen molar-refractivity contribution in [1.29, 1.82) is 0 Å². The first-order valence-electron chi connectivity index (χ1n) is 3.78. The van der Waals surface area contributed by atoms with Gasteiger partial charge in [-0.05, 0) is 35.2 Å². The van der Waals surface area contributed by atoms with Crippen LogP contribution in [0.3, 0.4) is 0 Å². The molecule has 1 heterocycles. The van der Waals surface area contributed by atoms with Gasteiger partial charge in [0.15, 0.2) is 0 Å². The third kappa shape index (κ3) is 2.51. The highest BCUT2D eigenvalue weighted by molar-refractivity contribution is 9.10. The number of carbonyl (C=O) groups excluding carboxylic acids is 1. The van der Waals surface area contributed by atoms with E-state index < -0.39 is 0 Å². The Balaban J connectivity index is 2.87. The van der Waals surface area contributed by atoms with Crippen molar-refractivity contribution in [3.63, 3.8) is 0 Å². The Bertz CT molecular complexity index is 311. The summed E-state index contributed by atoms with van der Waals surface area (Å²) in [5, 5.41) is 0.940. The zero-order chi connectivity index (χ0) is 9.84. The first-order valence-corrected chi connectivity index (χ1v) is 5.80. The van der Waals surface area contributed by atoms with Gasteiger partial charge in [-0.1, -0.05) is 0 Å². The van der Waals surface area contributed by atoms with Crippen LogP contribution in [0.4, 0.5) is 0 Å². The minimum absolute atomic E-state index is 0.300. The summed E-state index contributed by atoms with van der Waals surface area (Å²) in [6.45, 7) is 2.18. The van der Waals surface area contributed by atoms with Gasteiger partial charge in [-0.2, -0.15) is 0 Å². The van der Waals surface area contributed by atoms with Crippen molar-refractivity contribution in [2.75, 3.05) is 12.9 Å². The summed E-state index contributed by atoms with van der Waals surface area (Å²) in [6.07, 6.45) is 1.94. The van der Waals surface area contributed by atoms with Gasteiger partial charge < -0.3 is 9.72 Å². The van der Waals surface area contributed by atoms with Crippen molar-refractivity contribution >= 4 is 33.7 Å². The molecular weight excluding hydrogens is 254 g/mol. The molecule has 3 nitrogen and oxygen atoms in total. The maximum absolute atomic E-state index is 11.3. The standard InChI is InChI=1S/C8H10BrNO2S/c1-3-12-8(11)5-4-6(13-2)10-7(5)9/h4,10H,3H2,1-2H3. The molecule has 0 saturated carbocycles. The molecular formula is C8H10BrNO2S. The Kier molecular flexibility index (Phi) is 3.87.